The third-order valence-electron chi connectivity index (χ3n) is 2.14. The Kier molecular flexibility index (Phi) is 7.10. The maximum absolute atomic E-state index is 9.36. The fraction of sp³-hybridized carbons (Fsp3) is 1.00. The molecular formula is C9H20BrNO. The molecule has 0 aliphatic carbocycles. The van der Waals surface area contributed by atoms with Gasteiger partial charge >= 0.3 is 0 Å². The molecule has 0 aliphatic rings. The van der Waals surface area contributed by atoms with Crippen molar-refractivity contribution in [1.82, 2.24) is 4.90 Å². The number of likely N-dealkylation sites (N-methyl/N-ethyl adjacent to an activating group) is 1. The molecule has 3 heteroatoms. The number of aliphatic hydroxyl groups excluding tert-OH is 1. The molecule has 2 nitrogen and oxygen atoms in total. The van der Waals surface area contributed by atoms with E-state index in [1.807, 2.05) is 0 Å². The first-order valence-electron chi connectivity index (χ1n) is 4.56. The van der Waals surface area contributed by atoms with Gasteiger partial charge in [-0.3, -0.25) is 0 Å². The van der Waals surface area contributed by atoms with Gasteiger partial charge < -0.3 is 10.0 Å². The van der Waals surface area contributed by atoms with E-state index < -0.39 is 0 Å². The Balaban J connectivity index is 3.62. The van der Waals surface area contributed by atoms with E-state index in [0.717, 1.165) is 6.54 Å². The van der Waals surface area contributed by atoms with Crippen molar-refractivity contribution in [2.75, 3.05) is 18.9 Å². The molecule has 0 amide bonds. The minimum atomic E-state index is -0.241. The molecule has 2 unspecified atom stereocenters. The summed E-state index contributed by atoms with van der Waals surface area (Å²) in [6.07, 6.45) is 2.16. The molecule has 0 radical (unpaired) electrons. The molecule has 74 valence electrons. The van der Waals surface area contributed by atoms with Crippen molar-refractivity contribution < 1.29 is 5.11 Å². The number of halogens is 1. The number of hydrogen-bond acceptors (Lipinski definition) is 2. The summed E-state index contributed by atoms with van der Waals surface area (Å²) in [6.45, 7) is 5.14. The van der Waals surface area contributed by atoms with Crippen LogP contribution in [-0.4, -0.2) is 41.1 Å². The van der Waals surface area contributed by atoms with Crippen LogP contribution in [-0.2, 0) is 0 Å². The second-order valence-corrected chi connectivity index (χ2v) is 4.03. The molecule has 0 aromatic carbocycles. The second-order valence-electron chi connectivity index (χ2n) is 3.39. The Morgan fingerprint density at radius 2 is 2.08 bits per heavy atom. The molecule has 0 saturated heterocycles. The first kappa shape index (κ1) is 12.4. The van der Waals surface area contributed by atoms with E-state index >= 15 is 0 Å². The van der Waals surface area contributed by atoms with Crippen molar-refractivity contribution in [3.63, 3.8) is 0 Å². The molecule has 1 N–H and O–H groups in total. The van der Waals surface area contributed by atoms with Crippen molar-refractivity contribution in [3.8, 4) is 0 Å². The van der Waals surface area contributed by atoms with Gasteiger partial charge in [-0.05, 0) is 20.4 Å². The SMILES string of the molecule is CCCC(C)N(C)CC(O)CBr. The smallest absolute Gasteiger partial charge is 0.0763 e. The predicted octanol–water partition coefficient (Wildman–Crippen LogP) is 1.86. The van der Waals surface area contributed by atoms with E-state index in [1.54, 1.807) is 0 Å². The van der Waals surface area contributed by atoms with Gasteiger partial charge in [0.25, 0.3) is 0 Å². The molecule has 0 bridgehead atoms. The molecular weight excluding hydrogens is 218 g/mol. The van der Waals surface area contributed by atoms with Crippen molar-refractivity contribution in [1.29, 1.82) is 0 Å². The summed E-state index contributed by atoms with van der Waals surface area (Å²) in [5.41, 5.74) is 0. The van der Waals surface area contributed by atoms with Gasteiger partial charge in [0.2, 0.25) is 0 Å². The van der Waals surface area contributed by atoms with E-state index in [1.165, 1.54) is 12.8 Å². The van der Waals surface area contributed by atoms with E-state index in [4.69, 9.17) is 0 Å². The van der Waals surface area contributed by atoms with Gasteiger partial charge in [0, 0.05) is 17.9 Å². The Hall–Kier alpha value is 0.400. The molecule has 12 heavy (non-hydrogen) atoms. The summed E-state index contributed by atoms with van der Waals surface area (Å²) in [4.78, 5) is 2.20. The monoisotopic (exact) mass is 237 g/mol. The van der Waals surface area contributed by atoms with Crippen molar-refractivity contribution in [2.45, 2.75) is 38.8 Å². The maximum atomic E-state index is 9.36. The Labute approximate surface area is 84.1 Å². The molecule has 0 saturated carbocycles. The summed E-state index contributed by atoms with van der Waals surface area (Å²) in [6, 6.07) is 0.573. The highest BCUT2D eigenvalue weighted by molar-refractivity contribution is 9.09. The lowest BCUT2D eigenvalue weighted by Crippen LogP contribution is -2.36. The lowest BCUT2D eigenvalue weighted by molar-refractivity contribution is 0.122. The molecule has 0 rings (SSSR count). The lowest BCUT2D eigenvalue weighted by atomic mass is 10.1. The number of alkyl halides is 1. The highest BCUT2D eigenvalue weighted by Crippen LogP contribution is 2.05. The molecule has 0 aromatic rings. The summed E-state index contributed by atoms with van der Waals surface area (Å²) >= 11 is 3.25. The largest absolute Gasteiger partial charge is 0.391 e. The summed E-state index contributed by atoms with van der Waals surface area (Å²) in [7, 11) is 2.06. The van der Waals surface area contributed by atoms with Crippen LogP contribution >= 0.6 is 15.9 Å². The third-order valence-corrected chi connectivity index (χ3v) is 2.88. The number of aliphatic hydroxyl groups is 1. The van der Waals surface area contributed by atoms with E-state index in [-0.39, 0.29) is 6.10 Å². The molecule has 2 atom stereocenters. The van der Waals surface area contributed by atoms with E-state index in [2.05, 4.69) is 41.7 Å². The minimum Gasteiger partial charge on any atom is -0.391 e. The van der Waals surface area contributed by atoms with Crippen LogP contribution in [0.5, 0.6) is 0 Å². The summed E-state index contributed by atoms with van der Waals surface area (Å²) in [5.74, 6) is 0. The quantitative estimate of drug-likeness (QED) is 0.714. The summed E-state index contributed by atoms with van der Waals surface area (Å²) in [5, 5.41) is 10.0. The average molecular weight is 238 g/mol. The van der Waals surface area contributed by atoms with Gasteiger partial charge in [-0.2, -0.15) is 0 Å². The Bertz CT molecular complexity index is 111. The van der Waals surface area contributed by atoms with Crippen molar-refractivity contribution >= 4 is 15.9 Å². The van der Waals surface area contributed by atoms with Crippen LogP contribution in [0.3, 0.4) is 0 Å². The molecule has 0 heterocycles. The van der Waals surface area contributed by atoms with Gasteiger partial charge in [-0.25, -0.2) is 0 Å². The highest BCUT2D eigenvalue weighted by atomic mass is 79.9. The number of rotatable bonds is 6. The standard InChI is InChI=1S/C9H20BrNO/c1-4-5-8(2)11(3)7-9(12)6-10/h8-9,12H,4-7H2,1-3H3. The molecule has 0 aromatic heterocycles. The maximum Gasteiger partial charge on any atom is 0.0763 e. The van der Waals surface area contributed by atoms with Crippen LogP contribution in [0.2, 0.25) is 0 Å². The first-order valence-corrected chi connectivity index (χ1v) is 5.68. The molecule has 0 fully saturated rings. The topological polar surface area (TPSA) is 23.5 Å². The van der Waals surface area contributed by atoms with Crippen molar-refractivity contribution in [2.24, 2.45) is 0 Å². The van der Waals surface area contributed by atoms with Crippen LogP contribution in [0, 0.1) is 0 Å². The van der Waals surface area contributed by atoms with Gasteiger partial charge in [0.1, 0.15) is 0 Å². The zero-order chi connectivity index (χ0) is 9.56. The zero-order valence-electron chi connectivity index (χ0n) is 8.26. The fourth-order valence-electron chi connectivity index (χ4n) is 1.20. The fourth-order valence-corrected chi connectivity index (χ4v) is 1.40. The van der Waals surface area contributed by atoms with Crippen LogP contribution < -0.4 is 0 Å². The predicted molar refractivity (Wildman–Crippen MR) is 56.8 cm³/mol. The highest BCUT2D eigenvalue weighted by Gasteiger charge is 2.11. The Morgan fingerprint density at radius 1 is 1.50 bits per heavy atom. The van der Waals surface area contributed by atoms with Crippen LogP contribution in [0.15, 0.2) is 0 Å². The number of nitrogens with zero attached hydrogens (tertiary/aromatic N) is 1. The van der Waals surface area contributed by atoms with E-state index in [0.29, 0.717) is 11.4 Å². The van der Waals surface area contributed by atoms with Gasteiger partial charge in [-0.1, -0.05) is 29.3 Å². The molecule has 0 spiro atoms. The van der Waals surface area contributed by atoms with Gasteiger partial charge in [0.15, 0.2) is 0 Å². The van der Waals surface area contributed by atoms with Gasteiger partial charge in [0.05, 0.1) is 6.10 Å². The molecule has 0 aliphatic heterocycles. The van der Waals surface area contributed by atoms with Crippen molar-refractivity contribution in [3.05, 3.63) is 0 Å². The first-order chi connectivity index (χ1) is 5.61. The second kappa shape index (κ2) is 6.87. The average Bonchev–Trinajstić information content (AvgIpc) is 2.04. The Morgan fingerprint density at radius 3 is 2.50 bits per heavy atom. The summed E-state index contributed by atoms with van der Waals surface area (Å²) < 4.78 is 0. The zero-order valence-corrected chi connectivity index (χ0v) is 9.84. The number of hydrogen-bond donors (Lipinski definition) is 1. The van der Waals surface area contributed by atoms with Gasteiger partial charge in [-0.15, -0.1) is 0 Å². The van der Waals surface area contributed by atoms with Crippen LogP contribution in [0.1, 0.15) is 26.7 Å². The van der Waals surface area contributed by atoms with Crippen LogP contribution in [0.4, 0.5) is 0 Å². The van der Waals surface area contributed by atoms with E-state index in [9.17, 15) is 5.11 Å². The third kappa shape index (κ3) is 5.12. The minimum absolute atomic E-state index is 0.241. The lowest BCUT2D eigenvalue weighted by Gasteiger charge is -2.25. The van der Waals surface area contributed by atoms with Crippen LogP contribution in [0.25, 0.3) is 0 Å². The normalized spacial score (nSPS) is 16.5.